The number of hydrogen-bond acceptors (Lipinski definition) is 4. The van der Waals surface area contributed by atoms with E-state index in [4.69, 9.17) is 9.47 Å². The van der Waals surface area contributed by atoms with Gasteiger partial charge < -0.3 is 14.8 Å². The van der Waals surface area contributed by atoms with E-state index in [1.807, 2.05) is 19.1 Å². The van der Waals surface area contributed by atoms with Gasteiger partial charge in [0.05, 0.1) is 25.6 Å². The molecule has 1 atom stereocenters. The highest BCUT2D eigenvalue weighted by Crippen LogP contribution is 2.11. The van der Waals surface area contributed by atoms with Crippen LogP contribution in [-0.4, -0.2) is 31.9 Å². The van der Waals surface area contributed by atoms with Gasteiger partial charge in [0.2, 0.25) is 5.88 Å². The Balaban J connectivity index is 2.50. The zero-order chi connectivity index (χ0) is 10.4. The number of nitrogens with one attached hydrogen (secondary N) is 1. The molecule has 0 saturated carbocycles. The van der Waals surface area contributed by atoms with E-state index < -0.39 is 0 Å². The fourth-order valence-electron chi connectivity index (χ4n) is 1.16. The summed E-state index contributed by atoms with van der Waals surface area (Å²) in [6.07, 6.45) is 1.74. The van der Waals surface area contributed by atoms with Crippen LogP contribution in [0.4, 0.5) is 5.69 Å². The molecular weight excluding hydrogens is 180 g/mol. The van der Waals surface area contributed by atoms with Crippen LogP contribution in [0, 0.1) is 0 Å². The van der Waals surface area contributed by atoms with E-state index in [-0.39, 0.29) is 6.04 Å². The minimum atomic E-state index is 0.273. The second-order valence-corrected chi connectivity index (χ2v) is 3.09. The van der Waals surface area contributed by atoms with E-state index in [2.05, 4.69) is 10.3 Å². The maximum absolute atomic E-state index is 5.01. The first kappa shape index (κ1) is 10.8. The molecule has 4 nitrogen and oxygen atoms in total. The van der Waals surface area contributed by atoms with Gasteiger partial charge in [-0.25, -0.2) is 4.98 Å². The summed E-state index contributed by atoms with van der Waals surface area (Å²) in [5, 5.41) is 3.25. The van der Waals surface area contributed by atoms with Crippen molar-refractivity contribution in [3.8, 4) is 5.88 Å². The summed E-state index contributed by atoms with van der Waals surface area (Å²) in [5.74, 6) is 0.620. The van der Waals surface area contributed by atoms with Gasteiger partial charge in [-0.15, -0.1) is 0 Å². The van der Waals surface area contributed by atoms with E-state index in [1.54, 1.807) is 20.4 Å². The molecule has 0 aliphatic carbocycles. The molecule has 1 aromatic rings. The lowest BCUT2D eigenvalue weighted by molar-refractivity contribution is 0.190. The number of ether oxygens (including phenoxy) is 2. The van der Waals surface area contributed by atoms with E-state index in [0.29, 0.717) is 12.5 Å². The fraction of sp³-hybridized carbons (Fsp3) is 0.500. The highest BCUT2D eigenvalue weighted by atomic mass is 16.5. The standard InChI is InChI=1S/C10H16N2O2/c1-8(7-13-2)12-9-4-5-10(14-3)11-6-9/h4-6,8,12H,7H2,1-3H3. The summed E-state index contributed by atoms with van der Waals surface area (Å²) in [7, 11) is 3.29. The number of methoxy groups -OCH3 is 2. The van der Waals surface area contributed by atoms with Crippen LogP contribution in [0.3, 0.4) is 0 Å². The van der Waals surface area contributed by atoms with Crippen LogP contribution in [0.2, 0.25) is 0 Å². The Hall–Kier alpha value is -1.29. The molecule has 14 heavy (non-hydrogen) atoms. The Morgan fingerprint density at radius 2 is 2.21 bits per heavy atom. The van der Waals surface area contributed by atoms with E-state index in [0.717, 1.165) is 5.69 Å². The van der Waals surface area contributed by atoms with Crippen molar-refractivity contribution in [3.63, 3.8) is 0 Å². The number of hydrogen-bond donors (Lipinski definition) is 1. The molecule has 78 valence electrons. The Morgan fingerprint density at radius 3 is 2.71 bits per heavy atom. The Bertz CT molecular complexity index is 261. The zero-order valence-corrected chi connectivity index (χ0v) is 8.78. The first-order valence-electron chi connectivity index (χ1n) is 4.51. The fourth-order valence-corrected chi connectivity index (χ4v) is 1.16. The average molecular weight is 196 g/mol. The molecule has 1 aromatic heterocycles. The summed E-state index contributed by atoms with van der Waals surface area (Å²) >= 11 is 0. The second kappa shape index (κ2) is 5.44. The van der Waals surface area contributed by atoms with Gasteiger partial charge in [0.25, 0.3) is 0 Å². The van der Waals surface area contributed by atoms with Crippen LogP contribution in [0.1, 0.15) is 6.92 Å². The minimum absolute atomic E-state index is 0.273. The lowest BCUT2D eigenvalue weighted by Crippen LogP contribution is -2.20. The molecule has 0 saturated heterocycles. The highest BCUT2D eigenvalue weighted by molar-refractivity contribution is 5.42. The topological polar surface area (TPSA) is 43.4 Å². The van der Waals surface area contributed by atoms with E-state index in [1.165, 1.54) is 0 Å². The zero-order valence-electron chi connectivity index (χ0n) is 8.78. The molecule has 0 aromatic carbocycles. The van der Waals surface area contributed by atoms with Crippen LogP contribution in [0.15, 0.2) is 18.3 Å². The third kappa shape index (κ3) is 3.22. The summed E-state index contributed by atoms with van der Waals surface area (Å²) in [6, 6.07) is 4.02. The molecule has 0 aliphatic rings. The van der Waals surface area contributed by atoms with Gasteiger partial charge in [-0.3, -0.25) is 0 Å². The maximum Gasteiger partial charge on any atom is 0.213 e. The average Bonchev–Trinajstić information content (AvgIpc) is 2.19. The maximum atomic E-state index is 5.01. The molecule has 1 unspecified atom stereocenters. The summed E-state index contributed by atoms with van der Waals surface area (Å²) in [5.41, 5.74) is 0.968. The van der Waals surface area contributed by atoms with Crippen LogP contribution in [0.5, 0.6) is 5.88 Å². The second-order valence-electron chi connectivity index (χ2n) is 3.09. The number of rotatable bonds is 5. The highest BCUT2D eigenvalue weighted by Gasteiger charge is 2.01. The number of pyridine rings is 1. The van der Waals surface area contributed by atoms with Crippen LogP contribution < -0.4 is 10.1 Å². The first-order valence-corrected chi connectivity index (χ1v) is 4.51. The van der Waals surface area contributed by atoms with Crippen LogP contribution >= 0.6 is 0 Å². The molecule has 0 fully saturated rings. The van der Waals surface area contributed by atoms with Crippen molar-refractivity contribution in [2.24, 2.45) is 0 Å². The van der Waals surface area contributed by atoms with Crippen molar-refractivity contribution in [2.45, 2.75) is 13.0 Å². The minimum Gasteiger partial charge on any atom is -0.481 e. The molecule has 1 rings (SSSR count). The SMILES string of the molecule is COCC(C)Nc1ccc(OC)nc1. The third-order valence-corrected chi connectivity index (χ3v) is 1.78. The van der Waals surface area contributed by atoms with Gasteiger partial charge in [0.15, 0.2) is 0 Å². The summed E-state index contributed by atoms with van der Waals surface area (Å²) in [4.78, 5) is 4.08. The van der Waals surface area contributed by atoms with Crippen molar-refractivity contribution >= 4 is 5.69 Å². The van der Waals surface area contributed by atoms with Crippen molar-refractivity contribution < 1.29 is 9.47 Å². The Labute approximate surface area is 84.3 Å². The summed E-state index contributed by atoms with van der Waals surface area (Å²) in [6.45, 7) is 2.72. The number of aromatic nitrogens is 1. The van der Waals surface area contributed by atoms with Crippen molar-refractivity contribution in [2.75, 3.05) is 26.1 Å². The Kier molecular flexibility index (Phi) is 4.19. The lowest BCUT2D eigenvalue weighted by Gasteiger charge is -2.13. The predicted molar refractivity (Wildman–Crippen MR) is 55.7 cm³/mol. The van der Waals surface area contributed by atoms with Gasteiger partial charge in [0.1, 0.15) is 0 Å². The molecule has 0 spiro atoms. The predicted octanol–water partition coefficient (Wildman–Crippen LogP) is 1.54. The number of nitrogens with zero attached hydrogens (tertiary/aromatic N) is 1. The monoisotopic (exact) mass is 196 g/mol. The van der Waals surface area contributed by atoms with Crippen LogP contribution in [-0.2, 0) is 4.74 Å². The van der Waals surface area contributed by atoms with Crippen molar-refractivity contribution in [3.05, 3.63) is 18.3 Å². The van der Waals surface area contributed by atoms with Gasteiger partial charge in [0, 0.05) is 19.2 Å². The van der Waals surface area contributed by atoms with Crippen molar-refractivity contribution in [1.82, 2.24) is 4.98 Å². The largest absolute Gasteiger partial charge is 0.481 e. The van der Waals surface area contributed by atoms with E-state index in [9.17, 15) is 0 Å². The third-order valence-electron chi connectivity index (χ3n) is 1.78. The molecule has 0 aliphatic heterocycles. The van der Waals surface area contributed by atoms with Gasteiger partial charge >= 0.3 is 0 Å². The molecule has 0 bridgehead atoms. The van der Waals surface area contributed by atoms with E-state index >= 15 is 0 Å². The Morgan fingerprint density at radius 1 is 1.43 bits per heavy atom. The van der Waals surface area contributed by atoms with Crippen LogP contribution in [0.25, 0.3) is 0 Å². The molecule has 1 N–H and O–H groups in total. The summed E-state index contributed by atoms with van der Waals surface area (Å²) < 4.78 is 9.97. The normalized spacial score (nSPS) is 12.2. The molecule has 0 amide bonds. The quantitative estimate of drug-likeness (QED) is 0.775. The van der Waals surface area contributed by atoms with Gasteiger partial charge in [-0.2, -0.15) is 0 Å². The van der Waals surface area contributed by atoms with Gasteiger partial charge in [-0.1, -0.05) is 0 Å². The molecule has 1 heterocycles. The first-order chi connectivity index (χ1) is 6.76. The van der Waals surface area contributed by atoms with Crippen molar-refractivity contribution in [1.29, 1.82) is 0 Å². The molecule has 0 radical (unpaired) electrons. The molecule has 4 heteroatoms. The lowest BCUT2D eigenvalue weighted by atomic mass is 10.3. The van der Waals surface area contributed by atoms with Gasteiger partial charge in [-0.05, 0) is 13.0 Å². The molecular formula is C10H16N2O2. The smallest absolute Gasteiger partial charge is 0.213 e. The number of anilines is 1.